The number of rotatable bonds is 7. The van der Waals surface area contributed by atoms with Crippen molar-refractivity contribution in [3.8, 4) is 0 Å². The number of hydrazine groups is 1. The van der Waals surface area contributed by atoms with Crippen molar-refractivity contribution in [2.75, 3.05) is 20.1 Å². The molecule has 3 atom stereocenters. The highest BCUT2D eigenvalue weighted by Gasteiger charge is 2.40. The van der Waals surface area contributed by atoms with Crippen molar-refractivity contribution >= 4 is 11.9 Å². The van der Waals surface area contributed by atoms with E-state index in [4.69, 9.17) is 16.6 Å². The van der Waals surface area contributed by atoms with Crippen molar-refractivity contribution in [3.63, 3.8) is 0 Å². The van der Waals surface area contributed by atoms with Gasteiger partial charge in [-0.1, -0.05) is 0 Å². The molecule has 98 valence electrons. The molecule has 1 rings (SSSR count). The van der Waals surface area contributed by atoms with Crippen LogP contribution in [0.5, 0.6) is 0 Å². The fourth-order valence-electron chi connectivity index (χ4n) is 1.93. The van der Waals surface area contributed by atoms with Gasteiger partial charge in [-0.05, 0) is 24.8 Å². The lowest BCUT2D eigenvalue weighted by atomic mass is 10.1. The smallest absolute Gasteiger partial charge is 0.319 e. The monoisotopic (exact) mass is 244 g/mol. The normalized spacial score (nSPS) is 24.5. The number of nitrogens with one attached hydrogen (secondary N) is 1. The molecule has 0 bridgehead atoms. The lowest BCUT2D eigenvalue weighted by molar-refractivity contribution is -0.139. The molecule has 7 nitrogen and oxygen atoms in total. The van der Waals surface area contributed by atoms with Crippen LogP contribution in [-0.2, 0) is 9.59 Å². The van der Waals surface area contributed by atoms with E-state index in [1.165, 1.54) is 12.1 Å². The first-order valence-corrected chi connectivity index (χ1v) is 5.62. The van der Waals surface area contributed by atoms with Gasteiger partial charge in [0.1, 0.15) is 6.54 Å². The Morgan fingerprint density at radius 1 is 1.59 bits per heavy atom. The average Bonchev–Trinajstić information content (AvgIpc) is 2.94. The van der Waals surface area contributed by atoms with E-state index >= 15 is 0 Å². The average molecular weight is 244 g/mol. The molecule has 17 heavy (non-hydrogen) atoms. The van der Waals surface area contributed by atoms with Gasteiger partial charge in [-0.3, -0.25) is 15.0 Å². The number of aliphatic carboxylic acids is 1. The summed E-state index contributed by atoms with van der Waals surface area (Å²) in [6.45, 7) is 0.370. The third kappa shape index (κ3) is 4.68. The zero-order valence-electron chi connectivity index (χ0n) is 9.93. The molecule has 0 spiro atoms. The first kappa shape index (κ1) is 13.9. The van der Waals surface area contributed by atoms with Crippen molar-refractivity contribution in [2.24, 2.45) is 23.3 Å². The zero-order valence-corrected chi connectivity index (χ0v) is 9.93. The first-order chi connectivity index (χ1) is 7.93. The van der Waals surface area contributed by atoms with E-state index < -0.39 is 5.97 Å². The topological polar surface area (TPSA) is 122 Å². The van der Waals surface area contributed by atoms with Gasteiger partial charge in [-0.15, -0.1) is 0 Å². The van der Waals surface area contributed by atoms with Gasteiger partial charge in [0, 0.05) is 19.5 Å². The number of nitrogens with two attached hydrogens (primary N) is 2. The van der Waals surface area contributed by atoms with Gasteiger partial charge in [0.05, 0.1) is 0 Å². The molecular formula is C10H20N4O3. The van der Waals surface area contributed by atoms with E-state index in [-0.39, 0.29) is 24.9 Å². The maximum atomic E-state index is 11.5. The van der Waals surface area contributed by atoms with Crippen LogP contribution >= 0.6 is 0 Å². The number of carboxylic acids is 1. The van der Waals surface area contributed by atoms with Gasteiger partial charge in [-0.25, -0.2) is 5.01 Å². The van der Waals surface area contributed by atoms with E-state index in [1.807, 2.05) is 0 Å². The van der Waals surface area contributed by atoms with Crippen LogP contribution in [0.4, 0.5) is 0 Å². The van der Waals surface area contributed by atoms with Gasteiger partial charge in [0.25, 0.3) is 0 Å². The number of hydrogen-bond donors (Lipinski definition) is 4. The minimum atomic E-state index is -0.998. The van der Waals surface area contributed by atoms with Crippen molar-refractivity contribution in [1.29, 1.82) is 0 Å². The van der Waals surface area contributed by atoms with Gasteiger partial charge in [0.2, 0.25) is 5.91 Å². The SMILES string of the molecule is CN(CC(=O)O)NC(=O)C[C@H](N)C1CC1CN. The predicted molar refractivity (Wildman–Crippen MR) is 61.7 cm³/mol. The molecule has 0 saturated heterocycles. The lowest BCUT2D eigenvalue weighted by Crippen LogP contribution is -2.44. The Labute approximate surface area is 100 Å². The van der Waals surface area contributed by atoms with Crippen LogP contribution in [0.15, 0.2) is 0 Å². The molecule has 0 radical (unpaired) electrons. The van der Waals surface area contributed by atoms with E-state index in [0.717, 1.165) is 6.42 Å². The number of carbonyl (C=O) groups excluding carboxylic acids is 1. The molecule has 0 aromatic carbocycles. The minimum absolute atomic E-state index is 0.193. The maximum Gasteiger partial charge on any atom is 0.319 e. The molecule has 0 aliphatic heterocycles. The summed E-state index contributed by atoms with van der Waals surface area (Å²) >= 11 is 0. The van der Waals surface area contributed by atoms with Gasteiger partial charge < -0.3 is 16.6 Å². The molecule has 2 unspecified atom stereocenters. The van der Waals surface area contributed by atoms with E-state index in [2.05, 4.69) is 5.43 Å². The van der Waals surface area contributed by atoms with Crippen LogP contribution in [0.2, 0.25) is 0 Å². The van der Waals surface area contributed by atoms with Gasteiger partial charge in [-0.2, -0.15) is 0 Å². The van der Waals surface area contributed by atoms with E-state index in [1.54, 1.807) is 0 Å². The maximum absolute atomic E-state index is 11.5. The van der Waals surface area contributed by atoms with Crippen LogP contribution in [0.3, 0.4) is 0 Å². The van der Waals surface area contributed by atoms with Crippen LogP contribution in [0.1, 0.15) is 12.8 Å². The summed E-state index contributed by atoms with van der Waals surface area (Å²) in [4.78, 5) is 21.9. The zero-order chi connectivity index (χ0) is 13.0. The summed E-state index contributed by atoms with van der Waals surface area (Å²) in [6, 6.07) is -0.193. The molecular weight excluding hydrogens is 224 g/mol. The second-order valence-electron chi connectivity index (χ2n) is 4.55. The van der Waals surface area contributed by atoms with Crippen molar-refractivity contribution in [1.82, 2.24) is 10.4 Å². The van der Waals surface area contributed by atoms with Crippen LogP contribution in [0, 0.1) is 11.8 Å². The molecule has 0 aromatic heterocycles. The summed E-state index contributed by atoms with van der Waals surface area (Å²) in [6.07, 6.45) is 1.18. The molecule has 7 heteroatoms. The standard InChI is InChI=1S/C10H20N4O3/c1-14(5-10(16)17)13-9(15)3-8(12)7-2-6(7)4-11/h6-8H,2-5,11-12H2,1H3,(H,13,15)(H,16,17)/t6?,7?,8-/m0/s1. The molecule has 0 heterocycles. The quantitative estimate of drug-likeness (QED) is 0.398. The summed E-state index contributed by atoms with van der Waals surface area (Å²) in [5, 5.41) is 9.74. The van der Waals surface area contributed by atoms with Gasteiger partial charge in [0.15, 0.2) is 0 Å². The third-order valence-electron chi connectivity index (χ3n) is 2.94. The molecule has 1 aliphatic rings. The Kier molecular flexibility index (Phi) is 4.86. The number of carbonyl (C=O) groups is 2. The van der Waals surface area contributed by atoms with Crippen LogP contribution < -0.4 is 16.9 Å². The summed E-state index contributed by atoms with van der Waals surface area (Å²) in [5.41, 5.74) is 13.8. The van der Waals surface area contributed by atoms with Crippen LogP contribution in [-0.4, -0.2) is 48.2 Å². The highest BCUT2D eigenvalue weighted by Crippen LogP contribution is 2.40. The fourth-order valence-corrected chi connectivity index (χ4v) is 1.93. The molecule has 1 fully saturated rings. The number of nitrogens with zero attached hydrogens (tertiary/aromatic N) is 1. The molecule has 1 amide bonds. The Hall–Kier alpha value is -1.18. The highest BCUT2D eigenvalue weighted by molar-refractivity contribution is 5.77. The lowest BCUT2D eigenvalue weighted by Gasteiger charge is -2.17. The Balaban J connectivity index is 2.23. The second kappa shape index (κ2) is 5.95. The molecule has 1 aliphatic carbocycles. The largest absolute Gasteiger partial charge is 0.480 e. The number of hydrogen-bond acceptors (Lipinski definition) is 5. The highest BCUT2D eigenvalue weighted by atomic mass is 16.4. The van der Waals surface area contributed by atoms with Gasteiger partial charge >= 0.3 is 5.97 Å². The van der Waals surface area contributed by atoms with Crippen molar-refractivity contribution in [2.45, 2.75) is 18.9 Å². The molecule has 0 aromatic rings. The summed E-state index contributed by atoms with van der Waals surface area (Å²) < 4.78 is 0. The minimum Gasteiger partial charge on any atom is -0.480 e. The Morgan fingerprint density at radius 3 is 2.71 bits per heavy atom. The first-order valence-electron chi connectivity index (χ1n) is 5.62. The number of likely N-dealkylation sites (N-methyl/N-ethyl adjacent to an activating group) is 1. The van der Waals surface area contributed by atoms with Crippen LogP contribution in [0.25, 0.3) is 0 Å². The van der Waals surface area contributed by atoms with Crippen molar-refractivity contribution in [3.05, 3.63) is 0 Å². The fraction of sp³-hybridized carbons (Fsp3) is 0.800. The summed E-state index contributed by atoms with van der Waals surface area (Å²) in [5.74, 6) is -0.489. The molecule has 6 N–H and O–H groups in total. The Morgan fingerprint density at radius 2 is 2.24 bits per heavy atom. The predicted octanol–water partition coefficient (Wildman–Crippen LogP) is -1.65. The van der Waals surface area contributed by atoms with E-state index in [0.29, 0.717) is 18.4 Å². The number of amides is 1. The third-order valence-corrected chi connectivity index (χ3v) is 2.94. The van der Waals surface area contributed by atoms with E-state index in [9.17, 15) is 9.59 Å². The second-order valence-corrected chi connectivity index (χ2v) is 4.55. The van der Waals surface area contributed by atoms with Crippen molar-refractivity contribution < 1.29 is 14.7 Å². The number of carboxylic acid groups (broad SMARTS) is 1. The summed E-state index contributed by atoms with van der Waals surface area (Å²) in [7, 11) is 1.50. The molecule has 1 saturated carbocycles. The Bertz CT molecular complexity index is 297.